The minimum absolute atomic E-state index is 0.144. The molecule has 0 bridgehead atoms. The number of amides is 3. The number of anilines is 1. The lowest BCUT2D eigenvalue weighted by atomic mass is 10.1. The molecule has 2 aromatic carbocycles. The summed E-state index contributed by atoms with van der Waals surface area (Å²) in [5, 5.41) is 8.85. The van der Waals surface area contributed by atoms with Crippen LogP contribution < -0.4 is 4.90 Å². The van der Waals surface area contributed by atoms with Crippen LogP contribution in [0, 0.1) is 6.92 Å². The molecule has 30 heavy (non-hydrogen) atoms. The van der Waals surface area contributed by atoms with Crippen LogP contribution >= 0.6 is 0 Å². The quantitative estimate of drug-likeness (QED) is 0.563. The summed E-state index contributed by atoms with van der Waals surface area (Å²) >= 11 is 0. The van der Waals surface area contributed by atoms with Gasteiger partial charge in [0.1, 0.15) is 6.04 Å². The van der Waals surface area contributed by atoms with Gasteiger partial charge in [-0.15, -0.1) is 0 Å². The van der Waals surface area contributed by atoms with E-state index < -0.39 is 23.8 Å². The highest BCUT2D eigenvalue weighted by atomic mass is 16.4. The molecule has 0 spiro atoms. The van der Waals surface area contributed by atoms with Gasteiger partial charge in [-0.3, -0.25) is 14.4 Å². The summed E-state index contributed by atoms with van der Waals surface area (Å²) in [5.74, 6) is -2.76. The van der Waals surface area contributed by atoms with E-state index in [0.29, 0.717) is 12.1 Å². The second-order valence-electron chi connectivity index (χ2n) is 7.01. The number of carboxylic acid groups (broad SMARTS) is 1. The van der Waals surface area contributed by atoms with Crippen LogP contribution in [0.1, 0.15) is 17.5 Å². The molecule has 0 saturated carbocycles. The Balaban J connectivity index is 1.87. The van der Waals surface area contributed by atoms with Crippen molar-refractivity contribution in [1.29, 1.82) is 0 Å². The van der Waals surface area contributed by atoms with Crippen LogP contribution in [0.2, 0.25) is 0 Å². The number of aliphatic carboxylic acids is 1. The van der Waals surface area contributed by atoms with Gasteiger partial charge in [-0.05, 0) is 30.5 Å². The summed E-state index contributed by atoms with van der Waals surface area (Å²) in [5.41, 5.74) is 2.23. The van der Waals surface area contributed by atoms with E-state index in [2.05, 4.69) is 0 Å². The Morgan fingerprint density at radius 1 is 1.07 bits per heavy atom. The smallest absolute Gasteiger partial charge is 0.328 e. The second kappa shape index (κ2) is 9.17. The van der Waals surface area contributed by atoms with Gasteiger partial charge >= 0.3 is 5.97 Å². The second-order valence-corrected chi connectivity index (χ2v) is 7.01. The highest BCUT2D eigenvalue weighted by Gasteiger charge is 2.44. The van der Waals surface area contributed by atoms with Crippen molar-refractivity contribution in [2.24, 2.45) is 0 Å². The summed E-state index contributed by atoms with van der Waals surface area (Å²) in [7, 11) is 0. The average molecular weight is 406 g/mol. The fraction of sp³-hybridized carbons (Fsp3) is 0.217. The van der Waals surface area contributed by atoms with Crippen molar-refractivity contribution in [3.05, 3.63) is 77.9 Å². The molecule has 154 valence electrons. The van der Waals surface area contributed by atoms with Gasteiger partial charge in [-0.2, -0.15) is 0 Å². The van der Waals surface area contributed by atoms with Crippen molar-refractivity contribution in [2.45, 2.75) is 25.8 Å². The monoisotopic (exact) mass is 406 g/mol. The summed E-state index contributed by atoms with van der Waals surface area (Å²) in [6.07, 6.45) is 1.98. The van der Waals surface area contributed by atoms with E-state index in [4.69, 9.17) is 5.11 Å². The third kappa shape index (κ3) is 4.63. The Labute approximate surface area is 174 Å². The number of imide groups is 1. The number of carboxylic acids is 1. The molecule has 1 N–H and O–H groups in total. The number of benzene rings is 2. The van der Waals surface area contributed by atoms with Crippen LogP contribution in [0.25, 0.3) is 0 Å². The number of nitrogens with zero attached hydrogens (tertiary/aromatic N) is 2. The predicted molar refractivity (Wildman–Crippen MR) is 111 cm³/mol. The van der Waals surface area contributed by atoms with Gasteiger partial charge in [0.25, 0.3) is 5.91 Å². The first-order chi connectivity index (χ1) is 14.4. The van der Waals surface area contributed by atoms with Crippen LogP contribution in [-0.4, -0.2) is 46.3 Å². The largest absolute Gasteiger partial charge is 0.478 e. The van der Waals surface area contributed by atoms with Crippen molar-refractivity contribution < 1.29 is 24.3 Å². The summed E-state index contributed by atoms with van der Waals surface area (Å²) in [4.78, 5) is 51.7. The zero-order valence-corrected chi connectivity index (χ0v) is 16.5. The van der Waals surface area contributed by atoms with Crippen LogP contribution in [0.15, 0.2) is 66.7 Å². The first kappa shape index (κ1) is 21.0. The normalized spacial score (nSPS) is 16.3. The van der Waals surface area contributed by atoms with Crippen LogP contribution in [-0.2, 0) is 25.6 Å². The van der Waals surface area contributed by atoms with Crippen molar-refractivity contribution in [2.75, 3.05) is 11.4 Å². The van der Waals surface area contributed by atoms with Gasteiger partial charge in [0.2, 0.25) is 11.8 Å². The third-order valence-corrected chi connectivity index (χ3v) is 4.99. The molecule has 3 amide bonds. The zero-order chi connectivity index (χ0) is 21.7. The highest BCUT2D eigenvalue weighted by Crippen LogP contribution is 2.28. The maximum atomic E-state index is 13.1. The molecule has 7 heteroatoms. The van der Waals surface area contributed by atoms with Gasteiger partial charge in [0, 0.05) is 18.7 Å². The number of hydrogen-bond donors (Lipinski definition) is 1. The lowest BCUT2D eigenvalue weighted by Gasteiger charge is -2.27. The van der Waals surface area contributed by atoms with E-state index in [0.717, 1.165) is 28.2 Å². The minimum Gasteiger partial charge on any atom is -0.478 e. The molecular formula is C23H22N2O5. The lowest BCUT2D eigenvalue weighted by Crippen LogP contribution is -2.46. The van der Waals surface area contributed by atoms with E-state index in [-0.39, 0.29) is 18.9 Å². The third-order valence-electron chi connectivity index (χ3n) is 4.99. The van der Waals surface area contributed by atoms with Gasteiger partial charge < -0.3 is 10.0 Å². The molecule has 1 saturated heterocycles. The van der Waals surface area contributed by atoms with Crippen LogP contribution in [0.5, 0.6) is 0 Å². The molecule has 1 aliphatic rings. The molecule has 2 aromatic rings. The molecule has 1 fully saturated rings. The number of carbonyl (C=O) groups is 4. The fourth-order valence-corrected chi connectivity index (χ4v) is 3.48. The minimum atomic E-state index is -1.26. The molecule has 3 rings (SSSR count). The van der Waals surface area contributed by atoms with E-state index >= 15 is 0 Å². The maximum Gasteiger partial charge on any atom is 0.328 e. The molecule has 0 aliphatic carbocycles. The van der Waals surface area contributed by atoms with Crippen molar-refractivity contribution in [1.82, 2.24) is 4.90 Å². The molecule has 7 nitrogen and oxygen atoms in total. The molecular weight excluding hydrogens is 384 g/mol. The zero-order valence-electron chi connectivity index (χ0n) is 16.5. The number of hydrogen-bond acceptors (Lipinski definition) is 4. The highest BCUT2D eigenvalue weighted by molar-refractivity contribution is 6.23. The molecule has 0 aromatic heterocycles. The number of rotatable bonds is 7. The molecule has 0 unspecified atom stereocenters. The summed E-state index contributed by atoms with van der Waals surface area (Å²) < 4.78 is 0. The molecule has 1 heterocycles. The van der Waals surface area contributed by atoms with E-state index in [1.54, 1.807) is 25.1 Å². The van der Waals surface area contributed by atoms with Crippen molar-refractivity contribution in [3.63, 3.8) is 0 Å². The Kier molecular flexibility index (Phi) is 6.41. The standard InChI is InChI=1S/C23H22N2O5/c1-16-7-5-6-10-18(16)25-21(27)15-19(23(25)30)24(20(26)11-12-22(28)29)14-13-17-8-3-2-4-9-17/h2-12,19H,13-15H2,1H3,(H,28,29)/b12-11-/t19-/m1/s1. The topological polar surface area (TPSA) is 95.0 Å². The van der Waals surface area contributed by atoms with Crippen LogP contribution in [0.4, 0.5) is 5.69 Å². The number of carbonyl (C=O) groups excluding carboxylic acids is 3. The summed E-state index contributed by atoms with van der Waals surface area (Å²) in [6.45, 7) is 1.98. The van der Waals surface area contributed by atoms with Gasteiger partial charge in [0.05, 0.1) is 12.1 Å². The number of aryl methyl sites for hydroxylation is 1. The average Bonchev–Trinajstić information content (AvgIpc) is 3.02. The maximum absolute atomic E-state index is 13.1. The van der Waals surface area contributed by atoms with E-state index in [1.165, 1.54) is 4.90 Å². The SMILES string of the molecule is Cc1ccccc1N1C(=O)C[C@@H](N(CCc2ccccc2)C(=O)/C=C\C(=O)O)C1=O. The number of para-hydroxylation sites is 1. The Morgan fingerprint density at radius 3 is 2.40 bits per heavy atom. The summed E-state index contributed by atoms with van der Waals surface area (Å²) in [6, 6.07) is 15.5. The lowest BCUT2D eigenvalue weighted by molar-refractivity contribution is -0.135. The Morgan fingerprint density at radius 2 is 1.73 bits per heavy atom. The van der Waals surface area contributed by atoms with Crippen LogP contribution in [0.3, 0.4) is 0 Å². The van der Waals surface area contributed by atoms with E-state index in [1.807, 2.05) is 36.4 Å². The molecule has 0 radical (unpaired) electrons. The van der Waals surface area contributed by atoms with Crippen molar-refractivity contribution >= 4 is 29.4 Å². The molecule has 1 atom stereocenters. The van der Waals surface area contributed by atoms with Gasteiger partial charge in [-0.1, -0.05) is 48.5 Å². The molecule has 1 aliphatic heterocycles. The van der Waals surface area contributed by atoms with Crippen molar-refractivity contribution in [3.8, 4) is 0 Å². The van der Waals surface area contributed by atoms with Gasteiger partial charge in [-0.25, -0.2) is 9.69 Å². The van der Waals surface area contributed by atoms with E-state index in [9.17, 15) is 19.2 Å². The fourth-order valence-electron chi connectivity index (χ4n) is 3.48. The Hall–Kier alpha value is -3.74. The first-order valence-electron chi connectivity index (χ1n) is 9.56. The predicted octanol–water partition coefficient (Wildman–Crippen LogP) is 2.34. The first-order valence-corrected chi connectivity index (χ1v) is 9.56. The Bertz CT molecular complexity index is 1000. The van der Waals surface area contributed by atoms with Gasteiger partial charge in [0.15, 0.2) is 0 Å².